The minimum absolute atomic E-state index is 0. The van der Waals surface area contributed by atoms with Crippen LogP contribution in [0.1, 0.15) is 47.9 Å². The maximum Gasteiger partial charge on any atom is 0.191 e. The third-order valence-corrected chi connectivity index (χ3v) is 5.97. The molecule has 0 amide bonds. The number of nitrogens with one attached hydrogen (secondary N) is 2. The Balaban J connectivity index is 0.00000210. The lowest BCUT2D eigenvalue weighted by Gasteiger charge is -2.13. The first kappa shape index (κ1) is 20.2. The van der Waals surface area contributed by atoms with Crippen molar-refractivity contribution in [3.05, 3.63) is 52.4 Å². The van der Waals surface area contributed by atoms with Crippen LogP contribution in [0, 0.1) is 11.8 Å². The Morgan fingerprint density at radius 3 is 2.78 bits per heavy atom. The van der Waals surface area contributed by atoms with Crippen molar-refractivity contribution in [3.8, 4) is 0 Å². The van der Waals surface area contributed by atoms with Gasteiger partial charge in [0.1, 0.15) is 5.76 Å². The van der Waals surface area contributed by atoms with Gasteiger partial charge in [0, 0.05) is 32.1 Å². The normalized spacial score (nSPS) is 22.6. The molecule has 3 atom stereocenters. The molecular weight excluding hydrogens is 451 g/mol. The number of hydrogen-bond acceptors (Lipinski definition) is 3. The lowest BCUT2D eigenvalue weighted by molar-refractivity contribution is 0.380. The lowest BCUT2D eigenvalue weighted by Crippen LogP contribution is -2.38. The fourth-order valence-corrected chi connectivity index (χ4v) is 4.51. The van der Waals surface area contributed by atoms with Crippen molar-refractivity contribution < 1.29 is 4.52 Å². The molecule has 1 heterocycles. The molecule has 5 nitrogen and oxygen atoms in total. The zero-order valence-corrected chi connectivity index (χ0v) is 18.6. The van der Waals surface area contributed by atoms with E-state index in [1.165, 1.54) is 12.0 Å². The molecule has 6 heteroatoms. The van der Waals surface area contributed by atoms with Gasteiger partial charge >= 0.3 is 0 Å². The van der Waals surface area contributed by atoms with E-state index in [4.69, 9.17) is 4.52 Å². The Labute approximate surface area is 178 Å². The number of aliphatic imine (C=N–C) groups is 1. The van der Waals surface area contributed by atoms with Crippen LogP contribution in [0.5, 0.6) is 0 Å². The molecule has 0 spiro atoms. The molecule has 2 aromatic rings. The summed E-state index contributed by atoms with van der Waals surface area (Å²) in [6, 6.07) is 8.90. The minimum atomic E-state index is 0. The molecule has 1 saturated carbocycles. The van der Waals surface area contributed by atoms with E-state index in [9.17, 15) is 0 Å². The van der Waals surface area contributed by atoms with Crippen molar-refractivity contribution >= 4 is 29.9 Å². The molecule has 0 aliphatic heterocycles. The first-order valence-corrected chi connectivity index (χ1v) is 9.75. The van der Waals surface area contributed by atoms with Crippen molar-refractivity contribution in [2.75, 3.05) is 13.6 Å². The maximum absolute atomic E-state index is 5.44. The number of fused-ring (bicyclic) bond motifs is 3. The monoisotopic (exact) mass is 480 g/mol. The van der Waals surface area contributed by atoms with Gasteiger partial charge in [0.15, 0.2) is 5.96 Å². The zero-order chi connectivity index (χ0) is 18.1. The molecule has 1 fully saturated rings. The predicted octanol–water partition coefficient (Wildman–Crippen LogP) is 3.67. The maximum atomic E-state index is 5.44. The van der Waals surface area contributed by atoms with Crippen LogP contribution in [-0.4, -0.2) is 24.7 Å². The highest BCUT2D eigenvalue weighted by Gasteiger charge is 2.54. The van der Waals surface area contributed by atoms with Gasteiger partial charge in [0.25, 0.3) is 0 Å². The van der Waals surface area contributed by atoms with E-state index in [0.717, 1.165) is 54.6 Å². The first-order valence-electron chi connectivity index (χ1n) is 9.75. The summed E-state index contributed by atoms with van der Waals surface area (Å²) in [5, 5.41) is 11.1. The van der Waals surface area contributed by atoms with Crippen molar-refractivity contribution in [2.24, 2.45) is 16.8 Å². The van der Waals surface area contributed by atoms with Crippen LogP contribution < -0.4 is 10.6 Å². The number of aryl methyl sites for hydroxylation is 2. The summed E-state index contributed by atoms with van der Waals surface area (Å²) in [6.45, 7) is 5.89. The van der Waals surface area contributed by atoms with E-state index >= 15 is 0 Å². The molecule has 27 heavy (non-hydrogen) atoms. The molecule has 0 bridgehead atoms. The summed E-state index contributed by atoms with van der Waals surface area (Å²) in [5.41, 5.74) is 5.33. The zero-order valence-electron chi connectivity index (χ0n) is 16.3. The molecule has 1 aromatic carbocycles. The number of guanidine groups is 1. The fraction of sp³-hybridized carbons (Fsp3) is 0.524. The van der Waals surface area contributed by atoms with Gasteiger partial charge in [-0.25, -0.2) is 0 Å². The van der Waals surface area contributed by atoms with Crippen LogP contribution in [0.25, 0.3) is 0 Å². The summed E-state index contributed by atoms with van der Waals surface area (Å²) < 4.78 is 5.44. The Kier molecular flexibility index (Phi) is 6.44. The standard InChI is InChI=1S/C21H28N4O.HI/c1-4-18-17(19(5-2)26-25-18)12-24-21(22-3)23-11-16-15-10-13-8-6-7-9-14(13)20(15)16;/h6-9,15-16,20H,4-5,10-12H2,1-3H3,(H2,22,23,24);1H. The summed E-state index contributed by atoms with van der Waals surface area (Å²) in [7, 11) is 1.83. The molecule has 0 radical (unpaired) electrons. The van der Waals surface area contributed by atoms with E-state index in [-0.39, 0.29) is 24.0 Å². The lowest BCUT2D eigenvalue weighted by atomic mass is 10.0. The Morgan fingerprint density at radius 2 is 2.04 bits per heavy atom. The van der Waals surface area contributed by atoms with E-state index in [0.29, 0.717) is 6.54 Å². The van der Waals surface area contributed by atoms with Crippen LogP contribution in [0.4, 0.5) is 0 Å². The Bertz CT molecular complexity index is 795. The molecule has 0 saturated heterocycles. The van der Waals surface area contributed by atoms with Gasteiger partial charge in [-0.1, -0.05) is 43.3 Å². The van der Waals surface area contributed by atoms with Crippen LogP contribution in [0.3, 0.4) is 0 Å². The van der Waals surface area contributed by atoms with Crippen molar-refractivity contribution in [1.29, 1.82) is 0 Å². The van der Waals surface area contributed by atoms with Gasteiger partial charge in [-0.15, -0.1) is 24.0 Å². The predicted molar refractivity (Wildman–Crippen MR) is 119 cm³/mol. The number of nitrogens with zero attached hydrogens (tertiary/aromatic N) is 2. The highest BCUT2D eigenvalue weighted by molar-refractivity contribution is 14.0. The smallest absolute Gasteiger partial charge is 0.191 e. The SMILES string of the molecule is CCc1noc(CC)c1CNC(=NC)NCC1C2Cc3ccccc3C12.I. The summed E-state index contributed by atoms with van der Waals surface area (Å²) in [5.74, 6) is 4.12. The molecule has 2 N–H and O–H groups in total. The Hall–Kier alpha value is -1.57. The van der Waals surface area contributed by atoms with Gasteiger partial charge in [-0.2, -0.15) is 0 Å². The van der Waals surface area contributed by atoms with Gasteiger partial charge < -0.3 is 15.2 Å². The highest BCUT2D eigenvalue weighted by atomic mass is 127. The Morgan fingerprint density at radius 1 is 1.22 bits per heavy atom. The third kappa shape index (κ3) is 3.86. The van der Waals surface area contributed by atoms with E-state index in [2.05, 4.69) is 58.9 Å². The van der Waals surface area contributed by atoms with Crippen molar-refractivity contribution in [3.63, 3.8) is 0 Å². The van der Waals surface area contributed by atoms with Gasteiger partial charge in [0.2, 0.25) is 0 Å². The average molecular weight is 480 g/mol. The molecule has 2 aliphatic rings. The first-order chi connectivity index (χ1) is 12.8. The van der Waals surface area contributed by atoms with Crippen LogP contribution in [0.2, 0.25) is 0 Å². The number of rotatable bonds is 6. The summed E-state index contributed by atoms with van der Waals surface area (Å²) >= 11 is 0. The van der Waals surface area contributed by atoms with E-state index < -0.39 is 0 Å². The molecular formula is C21H29IN4O. The number of hydrogen-bond donors (Lipinski definition) is 2. The summed E-state index contributed by atoms with van der Waals surface area (Å²) in [4.78, 5) is 4.38. The molecule has 146 valence electrons. The van der Waals surface area contributed by atoms with E-state index in [1.807, 2.05) is 7.05 Å². The number of halogens is 1. The molecule has 1 aromatic heterocycles. The van der Waals surface area contributed by atoms with Crippen molar-refractivity contribution in [2.45, 2.75) is 45.6 Å². The average Bonchev–Trinajstić information content (AvgIpc) is 3.03. The summed E-state index contributed by atoms with van der Waals surface area (Å²) in [6.07, 6.45) is 2.98. The van der Waals surface area contributed by atoms with E-state index in [1.54, 1.807) is 11.1 Å². The van der Waals surface area contributed by atoms with Gasteiger partial charge in [-0.05, 0) is 41.7 Å². The van der Waals surface area contributed by atoms with Gasteiger partial charge in [-0.3, -0.25) is 4.99 Å². The molecule has 2 aliphatic carbocycles. The van der Waals surface area contributed by atoms with Crippen molar-refractivity contribution in [1.82, 2.24) is 15.8 Å². The van der Waals surface area contributed by atoms with Crippen LogP contribution in [0.15, 0.2) is 33.8 Å². The largest absolute Gasteiger partial charge is 0.361 e. The fourth-order valence-electron chi connectivity index (χ4n) is 4.51. The molecule has 4 rings (SSSR count). The second-order valence-corrected chi connectivity index (χ2v) is 7.30. The van der Waals surface area contributed by atoms with Crippen LogP contribution in [-0.2, 0) is 25.8 Å². The number of benzene rings is 1. The second kappa shape index (κ2) is 8.63. The third-order valence-electron chi connectivity index (χ3n) is 5.97. The molecule has 3 unspecified atom stereocenters. The van der Waals surface area contributed by atoms with Gasteiger partial charge in [0.05, 0.1) is 5.69 Å². The minimum Gasteiger partial charge on any atom is -0.361 e. The highest BCUT2D eigenvalue weighted by Crippen LogP contribution is 2.60. The quantitative estimate of drug-likeness (QED) is 0.377. The number of aromatic nitrogens is 1. The van der Waals surface area contributed by atoms with Crippen LogP contribution >= 0.6 is 24.0 Å². The topological polar surface area (TPSA) is 62.5 Å². The second-order valence-electron chi connectivity index (χ2n) is 7.30.